The van der Waals surface area contributed by atoms with Crippen LogP contribution in [0.1, 0.15) is 56.7 Å². The van der Waals surface area contributed by atoms with E-state index < -0.39 is 0 Å². The van der Waals surface area contributed by atoms with Crippen molar-refractivity contribution in [3.63, 3.8) is 0 Å². The van der Waals surface area contributed by atoms with E-state index >= 15 is 0 Å². The number of rotatable bonds is 4. The van der Waals surface area contributed by atoms with Crippen molar-refractivity contribution in [3.05, 3.63) is 70.2 Å². The van der Waals surface area contributed by atoms with Crippen LogP contribution in [0.25, 0.3) is 0 Å². The molecule has 0 bridgehead atoms. The van der Waals surface area contributed by atoms with E-state index in [0.29, 0.717) is 10.9 Å². The van der Waals surface area contributed by atoms with Gasteiger partial charge in [-0.2, -0.15) is 5.10 Å². The average molecular weight is 369 g/mol. The molecule has 3 nitrogen and oxygen atoms in total. The van der Waals surface area contributed by atoms with Gasteiger partial charge >= 0.3 is 0 Å². The molecule has 3 rings (SSSR count). The molecule has 2 aromatic rings. The largest absolute Gasteiger partial charge is 0.273 e. The summed E-state index contributed by atoms with van der Waals surface area (Å²) in [5, 5.41) is 4.92. The topological polar surface area (TPSA) is 41.5 Å². The lowest BCUT2D eigenvalue weighted by Gasteiger charge is -2.19. The van der Waals surface area contributed by atoms with Crippen molar-refractivity contribution in [1.82, 2.24) is 5.43 Å². The molecule has 0 heterocycles. The summed E-state index contributed by atoms with van der Waals surface area (Å²) in [6, 6.07) is 16.1. The smallest absolute Gasteiger partial charge is 0.243 e. The first kappa shape index (κ1) is 18.7. The van der Waals surface area contributed by atoms with Gasteiger partial charge in [0.05, 0.1) is 5.71 Å². The van der Waals surface area contributed by atoms with Gasteiger partial charge in [0.2, 0.25) is 5.91 Å². The van der Waals surface area contributed by atoms with Gasteiger partial charge < -0.3 is 0 Å². The number of halogens is 1. The molecule has 1 amide bonds. The second-order valence-electron chi connectivity index (χ2n) is 8.00. The number of nitrogens with one attached hydrogen (secondary N) is 1. The fourth-order valence-electron chi connectivity index (χ4n) is 3.06. The highest BCUT2D eigenvalue weighted by Gasteiger charge is 2.44. The quantitative estimate of drug-likeness (QED) is 0.578. The van der Waals surface area contributed by atoms with Crippen LogP contribution >= 0.6 is 11.6 Å². The lowest BCUT2D eigenvalue weighted by molar-refractivity contribution is -0.122. The lowest BCUT2D eigenvalue weighted by Crippen LogP contribution is -2.21. The summed E-state index contributed by atoms with van der Waals surface area (Å²) in [4.78, 5) is 12.4. The molecular weight excluding hydrogens is 344 g/mol. The molecule has 1 aliphatic carbocycles. The predicted octanol–water partition coefficient (Wildman–Crippen LogP) is 5.28. The van der Waals surface area contributed by atoms with Crippen LogP contribution in [-0.2, 0) is 10.2 Å². The molecule has 2 aromatic carbocycles. The maximum Gasteiger partial charge on any atom is 0.243 e. The number of amides is 1. The average Bonchev–Trinajstić information content (AvgIpc) is 3.40. The molecule has 1 fully saturated rings. The maximum atomic E-state index is 12.4. The van der Waals surface area contributed by atoms with Crippen LogP contribution in [0.3, 0.4) is 0 Å². The Morgan fingerprint density at radius 1 is 1.08 bits per heavy atom. The van der Waals surface area contributed by atoms with Gasteiger partial charge in [0.15, 0.2) is 0 Å². The Morgan fingerprint density at radius 3 is 2.27 bits per heavy atom. The van der Waals surface area contributed by atoms with E-state index in [-0.39, 0.29) is 17.2 Å². The second kappa shape index (κ2) is 7.24. The molecule has 1 saturated carbocycles. The fraction of sp³-hybridized carbons (Fsp3) is 0.364. The molecule has 0 aromatic heterocycles. The Hall–Kier alpha value is -2.13. The number of nitrogens with zero attached hydrogens (tertiary/aromatic N) is 1. The van der Waals surface area contributed by atoms with Gasteiger partial charge in [0.1, 0.15) is 0 Å². The molecule has 0 radical (unpaired) electrons. The summed E-state index contributed by atoms with van der Waals surface area (Å²) < 4.78 is 0. The highest BCUT2D eigenvalue weighted by molar-refractivity contribution is 6.30. The molecule has 0 spiro atoms. The number of hydrazone groups is 1. The Kier molecular flexibility index (Phi) is 5.19. The zero-order valence-corrected chi connectivity index (χ0v) is 16.5. The van der Waals surface area contributed by atoms with E-state index in [1.807, 2.05) is 31.2 Å². The van der Waals surface area contributed by atoms with Gasteiger partial charge in [-0.05, 0) is 53.5 Å². The molecule has 2 atom stereocenters. The van der Waals surface area contributed by atoms with E-state index in [1.54, 1.807) is 0 Å². The van der Waals surface area contributed by atoms with Crippen LogP contribution < -0.4 is 5.43 Å². The molecule has 4 heteroatoms. The van der Waals surface area contributed by atoms with Gasteiger partial charge in [-0.1, -0.05) is 68.8 Å². The zero-order chi connectivity index (χ0) is 18.9. The summed E-state index contributed by atoms with van der Waals surface area (Å²) in [5.74, 6) is 0.301. The fourth-order valence-corrected chi connectivity index (χ4v) is 3.19. The van der Waals surface area contributed by atoms with Gasteiger partial charge in [0.25, 0.3) is 0 Å². The summed E-state index contributed by atoms with van der Waals surface area (Å²) >= 11 is 5.89. The van der Waals surface area contributed by atoms with Crippen molar-refractivity contribution in [2.24, 2.45) is 11.0 Å². The van der Waals surface area contributed by atoms with Gasteiger partial charge in [-0.15, -0.1) is 0 Å². The van der Waals surface area contributed by atoms with Crippen LogP contribution in [-0.4, -0.2) is 11.6 Å². The second-order valence-corrected chi connectivity index (χ2v) is 8.44. The Balaban J connectivity index is 1.59. The first-order chi connectivity index (χ1) is 12.3. The van der Waals surface area contributed by atoms with Crippen molar-refractivity contribution in [3.8, 4) is 0 Å². The third-order valence-corrected chi connectivity index (χ3v) is 5.18. The Labute approximate surface area is 160 Å². The van der Waals surface area contributed by atoms with Crippen molar-refractivity contribution in [2.45, 2.75) is 45.4 Å². The molecule has 26 heavy (non-hydrogen) atoms. The number of benzene rings is 2. The standard InChI is InChI=1S/C22H25ClN2O/c1-14(15-7-11-18(23)12-8-15)24-25-21(26)20-13-19(20)16-5-9-17(10-6-16)22(2,3)4/h5-12,19-20H,13H2,1-4H3,(H,25,26)/b24-14+/t19-,20-/m0/s1. The summed E-state index contributed by atoms with van der Waals surface area (Å²) in [5.41, 5.74) is 7.11. The first-order valence-corrected chi connectivity index (χ1v) is 9.34. The SMILES string of the molecule is C/C(=N\NC(=O)[C@H]1C[C@H]1c1ccc(C(C)(C)C)cc1)c1ccc(Cl)cc1. The summed E-state index contributed by atoms with van der Waals surface area (Å²) in [6.45, 7) is 8.49. The monoisotopic (exact) mass is 368 g/mol. The molecule has 136 valence electrons. The van der Waals surface area contributed by atoms with Crippen LogP contribution in [0.2, 0.25) is 5.02 Å². The van der Waals surface area contributed by atoms with E-state index in [2.05, 4.69) is 55.6 Å². The molecular formula is C22H25ClN2O. The van der Waals surface area contributed by atoms with E-state index in [9.17, 15) is 4.79 Å². The minimum Gasteiger partial charge on any atom is -0.273 e. The van der Waals surface area contributed by atoms with Gasteiger partial charge in [-0.25, -0.2) is 5.43 Å². The normalized spacial score (nSPS) is 20.0. The third-order valence-electron chi connectivity index (χ3n) is 4.93. The van der Waals surface area contributed by atoms with Gasteiger partial charge in [-0.3, -0.25) is 4.79 Å². The van der Waals surface area contributed by atoms with Crippen molar-refractivity contribution in [2.75, 3.05) is 0 Å². The lowest BCUT2D eigenvalue weighted by atomic mass is 9.86. The summed E-state index contributed by atoms with van der Waals surface area (Å²) in [6.07, 6.45) is 0.885. The van der Waals surface area contributed by atoms with Crippen LogP contribution in [0.15, 0.2) is 53.6 Å². The molecule has 1 aliphatic rings. The Bertz CT molecular complexity index is 817. The third kappa shape index (κ3) is 4.34. The van der Waals surface area contributed by atoms with E-state index in [1.165, 1.54) is 11.1 Å². The molecule has 0 saturated heterocycles. The van der Waals surface area contributed by atoms with Gasteiger partial charge in [0, 0.05) is 10.9 Å². The number of carbonyl (C=O) groups excluding carboxylic acids is 1. The minimum absolute atomic E-state index is 0.0109. The Morgan fingerprint density at radius 2 is 1.69 bits per heavy atom. The highest BCUT2D eigenvalue weighted by Crippen LogP contribution is 2.47. The van der Waals surface area contributed by atoms with Crippen LogP contribution in [0.4, 0.5) is 0 Å². The predicted molar refractivity (Wildman–Crippen MR) is 108 cm³/mol. The van der Waals surface area contributed by atoms with Crippen LogP contribution in [0.5, 0.6) is 0 Å². The zero-order valence-electron chi connectivity index (χ0n) is 15.7. The van der Waals surface area contributed by atoms with Crippen molar-refractivity contribution >= 4 is 23.2 Å². The highest BCUT2D eigenvalue weighted by atomic mass is 35.5. The van der Waals surface area contributed by atoms with Crippen molar-refractivity contribution in [1.29, 1.82) is 0 Å². The maximum absolute atomic E-state index is 12.4. The minimum atomic E-state index is -0.0109. The molecule has 1 N–H and O–H groups in total. The number of hydrogen-bond acceptors (Lipinski definition) is 2. The molecule has 0 unspecified atom stereocenters. The van der Waals surface area contributed by atoms with Crippen molar-refractivity contribution < 1.29 is 4.79 Å². The van der Waals surface area contributed by atoms with Crippen LogP contribution in [0, 0.1) is 5.92 Å². The summed E-state index contributed by atoms with van der Waals surface area (Å²) in [7, 11) is 0. The number of hydrogen-bond donors (Lipinski definition) is 1. The molecule has 0 aliphatic heterocycles. The number of carbonyl (C=O) groups is 1. The van der Waals surface area contributed by atoms with E-state index in [4.69, 9.17) is 11.6 Å². The van der Waals surface area contributed by atoms with E-state index in [0.717, 1.165) is 17.7 Å². The first-order valence-electron chi connectivity index (χ1n) is 8.96.